The Balaban J connectivity index is 1.13. The lowest BCUT2D eigenvalue weighted by Gasteiger charge is -2.36. The number of piperazine rings is 1. The van der Waals surface area contributed by atoms with E-state index in [1.165, 1.54) is 18.6 Å². The average Bonchev–Trinajstić information content (AvgIpc) is 2.92. The summed E-state index contributed by atoms with van der Waals surface area (Å²) in [5.74, 6) is 1.88. The number of aromatic nitrogens is 1. The summed E-state index contributed by atoms with van der Waals surface area (Å²) in [6.07, 6.45) is 1.56. The van der Waals surface area contributed by atoms with E-state index in [4.69, 9.17) is 4.98 Å². The number of carbonyl (C=O) groups excluding carboxylic acids is 2. The van der Waals surface area contributed by atoms with Gasteiger partial charge in [-0.2, -0.15) is 0 Å². The zero-order valence-corrected chi connectivity index (χ0v) is 23.1. The molecule has 0 saturated carbocycles. The fraction of sp³-hybridized carbons (Fsp3) is 0.452. The molecule has 0 spiro atoms. The molecule has 3 heterocycles. The van der Waals surface area contributed by atoms with Gasteiger partial charge in [-0.1, -0.05) is 13.8 Å². The molecule has 2 aliphatic heterocycles. The Bertz CT molecular complexity index is 1330. The third-order valence-corrected chi connectivity index (χ3v) is 7.87. The monoisotopic (exact) mass is 531 g/mol. The highest BCUT2D eigenvalue weighted by Gasteiger charge is 2.24. The number of nitrogens with zero attached hydrogens (tertiary/aromatic N) is 4. The summed E-state index contributed by atoms with van der Waals surface area (Å²) in [7, 11) is 0. The van der Waals surface area contributed by atoms with Gasteiger partial charge in [-0.05, 0) is 79.3 Å². The van der Waals surface area contributed by atoms with E-state index in [-0.39, 0.29) is 30.5 Å². The SMILES string of the molecule is Cc1cc(N2C[C@H](C)C[C@H](C)C2)nc2ccc(NC(=O)CCC(=O)N3CCN(c4ccc(F)cc4)CC3)cc12. The number of hydrogen-bond donors (Lipinski definition) is 1. The molecule has 5 rings (SSSR count). The number of halogens is 1. The van der Waals surface area contributed by atoms with Gasteiger partial charge < -0.3 is 20.0 Å². The maximum atomic E-state index is 13.2. The van der Waals surface area contributed by atoms with Crippen LogP contribution in [0.4, 0.5) is 21.6 Å². The zero-order chi connectivity index (χ0) is 27.5. The third kappa shape index (κ3) is 6.49. The standard InChI is InChI=1S/C31H38FN5O2/c1-21-16-22(2)20-37(19-21)29-17-23(3)27-18-25(6-9-28(27)34-29)33-30(38)10-11-31(39)36-14-12-35(13-15-36)26-7-4-24(32)5-8-26/h4-9,17-18,21-22H,10-16,19-20H2,1-3H3,(H,33,38)/t21-,22+. The zero-order valence-electron chi connectivity index (χ0n) is 23.1. The summed E-state index contributed by atoms with van der Waals surface area (Å²) < 4.78 is 13.2. The second-order valence-corrected chi connectivity index (χ2v) is 11.3. The summed E-state index contributed by atoms with van der Waals surface area (Å²) in [6.45, 7) is 11.3. The van der Waals surface area contributed by atoms with Crippen LogP contribution in [-0.4, -0.2) is 61.0 Å². The van der Waals surface area contributed by atoms with Crippen LogP contribution >= 0.6 is 0 Å². The molecule has 39 heavy (non-hydrogen) atoms. The fourth-order valence-electron chi connectivity index (χ4n) is 5.93. The lowest BCUT2D eigenvalue weighted by Crippen LogP contribution is -2.48. The first kappa shape index (κ1) is 26.9. The van der Waals surface area contributed by atoms with E-state index in [0.29, 0.717) is 43.7 Å². The molecule has 2 saturated heterocycles. The number of fused-ring (bicyclic) bond motifs is 1. The minimum absolute atomic E-state index is 0.0173. The first-order chi connectivity index (χ1) is 18.7. The summed E-state index contributed by atoms with van der Waals surface area (Å²) in [5, 5.41) is 3.97. The Morgan fingerprint density at radius 1 is 0.923 bits per heavy atom. The van der Waals surface area contributed by atoms with E-state index in [1.807, 2.05) is 18.2 Å². The van der Waals surface area contributed by atoms with Crippen LogP contribution in [-0.2, 0) is 9.59 Å². The van der Waals surface area contributed by atoms with Gasteiger partial charge in [0.1, 0.15) is 11.6 Å². The van der Waals surface area contributed by atoms with Gasteiger partial charge in [-0.15, -0.1) is 0 Å². The molecule has 206 valence electrons. The van der Waals surface area contributed by atoms with Crippen LogP contribution < -0.4 is 15.1 Å². The Kier molecular flexibility index (Phi) is 8.00. The lowest BCUT2D eigenvalue weighted by atomic mass is 9.92. The first-order valence-corrected chi connectivity index (χ1v) is 14.0. The predicted octanol–water partition coefficient (Wildman–Crippen LogP) is 5.23. The van der Waals surface area contributed by atoms with Gasteiger partial charge in [0.15, 0.2) is 0 Å². The molecule has 0 aliphatic carbocycles. The topological polar surface area (TPSA) is 68.8 Å². The molecule has 0 bridgehead atoms. The summed E-state index contributed by atoms with van der Waals surface area (Å²) in [6, 6.07) is 14.4. The molecule has 2 amide bonds. The molecular formula is C31H38FN5O2. The summed E-state index contributed by atoms with van der Waals surface area (Å²) in [5.41, 5.74) is 3.72. The number of carbonyl (C=O) groups is 2. The van der Waals surface area contributed by atoms with Crippen molar-refractivity contribution in [3.8, 4) is 0 Å². The van der Waals surface area contributed by atoms with Crippen molar-refractivity contribution in [1.29, 1.82) is 0 Å². The van der Waals surface area contributed by atoms with E-state index < -0.39 is 0 Å². The number of benzene rings is 2. The molecular weight excluding hydrogens is 493 g/mol. The van der Waals surface area contributed by atoms with Crippen molar-refractivity contribution in [1.82, 2.24) is 9.88 Å². The Labute approximate surface area is 230 Å². The van der Waals surface area contributed by atoms with Crippen molar-refractivity contribution < 1.29 is 14.0 Å². The van der Waals surface area contributed by atoms with E-state index in [2.05, 4.69) is 42.0 Å². The first-order valence-electron chi connectivity index (χ1n) is 14.0. The van der Waals surface area contributed by atoms with E-state index >= 15 is 0 Å². The number of nitrogens with one attached hydrogen (secondary N) is 1. The maximum absolute atomic E-state index is 13.2. The molecule has 1 aromatic heterocycles. The minimum atomic E-state index is -0.257. The highest BCUT2D eigenvalue weighted by atomic mass is 19.1. The van der Waals surface area contributed by atoms with Crippen LogP contribution in [0, 0.1) is 24.6 Å². The highest BCUT2D eigenvalue weighted by molar-refractivity contribution is 5.96. The molecule has 2 aliphatic rings. The molecule has 2 atom stereocenters. The highest BCUT2D eigenvalue weighted by Crippen LogP contribution is 2.29. The Hall–Kier alpha value is -3.68. The van der Waals surface area contributed by atoms with Crippen molar-refractivity contribution in [3.63, 3.8) is 0 Å². The summed E-state index contributed by atoms with van der Waals surface area (Å²) >= 11 is 0. The Morgan fingerprint density at radius 3 is 2.31 bits per heavy atom. The van der Waals surface area contributed by atoms with Gasteiger partial charge in [-0.25, -0.2) is 9.37 Å². The van der Waals surface area contributed by atoms with Crippen LogP contribution in [0.5, 0.6) is 0 Å². The van der Waals surface area contributed by atoms with Gasteiger partial charge in [0, 0.05) is 68.9 Å². The van der Waals surface area contributed by atoms with E-state index in [9.17, 15) is 14.0 Å². The maximum Gasteiger partial charge on any atom is 0.224 e. The number of pyridine rings is 1. The molecule has 0 unspecified atom stereocenters. The predicted molar refractivity (Wildman–Crippen MR) is 155 cm³/mol. The lowest BCUT2D eigenvalue weighted by molar-refractivity contribution is -0.133. The molecule has 8 heteroatoms. The molecule has 2 fully saturated rings. The number of piperidine rings is 1. The van der Waals surface area contributed by atoms with Crippen LogP contribution in [0.25, 0.3) is 10.9 Å². The van der Waals surface area contributed by atoms with Gasteiger partial charge in [0.05, 0.1) is 5.52 Å². The second kappa shape index (κ2) is 11.6. The molecule has 1 N–H and O–H groups in total. The van der Waals surface area contributed by atoms with Gasteiger partial charge in [-0.3, -0.25) is 9.59 Å². The quantitative estimate of drug-likeness (QED) is 0.472. The number of hydrogen-bond acceptors (Lipinski definition) is 5. The third-order valence-electron chi connectivity index (χ3n) is 7.87. The van der Waals surface area contributed by atoms with E-state index in [1.54, 1.807) is 17.0 Å². The van der Waals surface area contributed by atoms with Crippen molar-refractivity contribution in [2.45, 2.75) is 40.0 Å². The minimum Gasteiger partial charge on any atom is -0.368 e. The van der Waals surface area contributed by atoms with Gasteiger partial charge in [0.25, 0.3) is 0 Å². The number of rotatable bonds is 6. The summed E-state index contributed by atoms with van der Waals surface area (Å²) in [4.78, 5) is 36.7. The van der Waals surface area contributed by atoms with Crippen LogP contribution in [0.1, 0.15) is 38.7 Å². The van der Waals surface area contributed by atoms with Crippen LogP contribution in [0.15, 0.2) is 48.5 Å². The van der Waals surface area contributed by atoms with Gasteiger partial charge in [0.2, 0.25) is 11.8 Å². The fourth-order valence-corrected chi connectivity index (χ4v) is 5.93. The number of anilines is 3. The van der Waals surface area contributed by atoms with Crippen molar-refractivity contribution in [2.75, 3.05) is 54.4 Å². The van der Waals surface area contributed by atoms with Crippen LogP contribution in [0.3, 0.4) is 0 Å². The normalized spacial score (nSPS) is 19.8. The largest absolute Gasteiger partial charge is 0.368 e. The number of amides is 2. The molecule has 2 aromatic carbocycles. The Morgan fingerprint density at radius 2 is 1.62 bits per heavy atom. The van der Waals surface area contributed by atoms with E-state index in [0.717, 1.165) is 41.1 Å². The van der Waals surface area contributed by atoms with Crippen molar-refractivity contribution >= 4 is 39.9 Å². The van der Waals surface area contributed by atoms with Crippen molar-refractivity contribution in [3.05, 3.63) is 59.9 Å². The number of aryl methyl sites for hydroxylation is 1. The smallest absolute Gasteiger partial charge is 0.224 e. The van der Waals surface area contributed by atoms with Gasteiger partial charge >= 0.3 is 0 Å². The second-order valence-electron chi connectivity index (χ2n) is 11.3. The van der Waals surface area contributed by atoms with Crippen molar-refractivity contribution in [2.24, 2.45) is 11.8 Å². The van der Waals surface area contributed by atoms with Crippen LogP contribution in [0.2, 0.25) is 0 Å². The molecule has 0 radical (unpaired) electrons. The molecule has 7 nitrogen and oxygen atoms in total. The molecule has 3 aromatic rings. The average molecular weight is 532 g/mol.